The van der Waals surface area contributed by atoms with Gasteiger partial charge in [-0.05, 0) is 13.0 Å². The normalized spacial score (nSPS) is 14.5. The van der Waals surface area contributed by atoms with Gasteiger partial charge in [-0.15, -0.1) is 22.7 Å². The van der Waals surface area contributed by atoms with Crippen LogP contribution in [0.3, 0.4) is 0 Å². The van der Waals surface area contributed by atoms with E-state index in [-0.39, 0.29) is 17.8 Å². The average Bonchev–Trinajstić information content (AvgIpc) is 3.16. The van der Waals surface area contributed by atoms with E-state index in [2.05, 4.69) is 29.2 Å². The van der Waals surface area contributed by atoms with Gasteiger partial charge in [-0.3, -0.25) is 4.79 Å². The molecule has 0 bridgehead atoms. The van der Waals surface area contributed by atoms with Crippen LogP contribution in [0.25, 0.3) is 16.8 Å². The highest BCUT2D eigenvalue weighted by Gasteiger charge is 2.18. The molecule has 0 amide bonds. The van der Waals surface area contributed by atoms with Gasteiger partial charge in [0.1, 0.15) is 16.5 Å². The predicted octanol–water partition coefficient (Wildman–Crippen LogP) is 4.64. The van der Waals surface area contributed by atoms with Gasteiger partial charge in [-0.25, -0.2) is 9.97 Å². The topological polar surface area (TPSA) is 52.1 Å². The molecule has 0 aliphatic rings. The average molecular weight is 351 g/mol. The lowest BCUT2D eigenvalue weighted by Gasteiger charge is -2.16. The van der Waals surface area contributed by atoms with Crippen LogP contribution < -0.4 is 0 Å². The van der Waals surface area contributed by atoms with Crippen molar-refractivity contribution >= 4 is 34.5 Å². The number of nitrogens with zero attached hydrogens (tertiary/aromatic N) is 2. The fraction of sp³-hybridized carbons (Fsp3) is 0.471. The molecule has 2 heterocycles. The van der Waals surface area contributed by atoms with Crippen molar-refractivity contribution < 1.29 is 9.53 Å². The summed E-state index contributed by atoms with van der Waals surface area (Å²) in [5.74, 6) is 0.384. The minimum absolute atomic E-state index is 0.115. The van der Waals surface area contributed by atoms with E-state index in [0.717, 1.165) is 21.4 Å². The molecule has 6 heteroatoms. The molecule has 0 spiro atoms. The lowest BCUT2D eigenvalue weighted by atomic mass is 10.00. The summed E-state index contributed by atoms with van der Waals surface area (Å²) in [6, 6.07) is 0. The molecule has 23 heavy (non-hydrogen) atoms. The summed E-state index contributed by atoms with van der Waals surface area (Å²) in [4.78, 5) is 20.7. The Morgan fingerprint density at radius 1 is 1.22 bits per heavy atom. The molecule has 0 aliphatic carbocycles. The SMILES string of the molecule is CO[C@@H](C=Cc1csc(-c2csc(C(C)C)n2)n1)[C@@H](C)C(C)=O. The highest BCUT2D eigenvalue weighted by molar-refractivity contribution is 7.14. The smallest absolute Gasteiger partial charge is 0.143 e. The number of thiazole rings is 2. The van der Waals surface area contributed by atoms with Crippen molar-refractivity contribution in [3.63, 3.8) is 0 Å². The van der Waals surface area contributed by atoms with E-state index in [9.17, 15) is 4.79 Å². The zero-order chi connectivity index (χ0) is 17.0. The second kappa shape index (κ2) is 7.95. The molecule has 2 rings (SSSR count). The molecule has 4 nitrogen and oxygen atoms in total. The number of aromatic nitrogens is 2. The first-order valence-corrected chi connectivity index (χ1v) is 9.31. The van der Waals surface area contributed by atoms with Gasteiger partial charge in [-0.2, -0.15) is 0 Å². The van der Waals surface area contributed by atoms with Crippen LogP contribution in [0.15, 0.2) is 16.8 Å². The third-order valence-electron chi connectivity index (χ3n) is 3.62. The van der Waals surface area contributed by atoms with Crippen LogP contribution in [0.5, 0.6) is 0 Å². The van der Waals surface area contributed by atoms with Crippen LogP contribution in [-0.4, -0.2) is 29.0 Å². The van der Waals surface area contributed by atoms with Crippen molar-refractivity contribution in [1.82, 2.24) is 9.97 Å². The lowest BCUT2D eigenvalue weighted by molar-refractivity contribution is -0.123. The van der Waals surface area contributed by atoms with Crippen LogP contribution in [0.4, 0.5) is 0 Å². The minimum Gasteiger partial charge on any atom is -0.377 e. The van der Waals surface area contributed by atoms with Gasteiger partial charge in [0.15, 0.2) is 0 Å². The zero-order valence-electron chi connectivity index (χ0n) is 14.1. The van der Waals surface area contributed by atoms with Gasteiger partial charge in [0.25, 0.3) is 0 Å². The second-order valence-electron chi connectivity index (χ2n) is 5.76. The van der Waals surface area contributed by atoms with Gasteiger partial charge in [0.05, 0.1) is 16.8 Å². The Hall–Kier alpha value is -1.37. The number of Topliss-reactive ketones (excluding diaryl/α,β-unsaturated/α-hetero) is 1. The fourth-order valence-corrected chi connectivity index (χ4v) is 3.65. The molecule has 2 aromatic rings. The van der Waals surface area contributed by atoms with E-state index in [1.165, 1.54) is 0 Å². The predicted molar refractivity (Wildman–Crippen MR) is 97.0 cm³/mol. The second-order valence-corrected chi connectivity index (χ2v) is 7.51. The van der Waals surface area contributed by atoms with Crippen LogP contribution in [-0.2, 0) is 9.53 Å². The largest absolute Gasteiger partial charge is 0.377 e. The maximum atomic E-state index is 11.5. The van der Waals surface area contributed by atoms with E-state index >= 15 is 0 Å². The summed E-state index contributed by atoms with van der Waals surface area (Å²) >= 11 is 3.25. The monoisotopic (exact) mass is 350 g/mol. The third-order valence-corrected chi connectivity index (χ3v) is 5.65. The van der Waals surface area contributed by atoms with Gasteiger partial charge >= 0.3 is 0 Å². The van der Waals surface area contributed by atoms with Crippen LogP contribution in [0.2, 0.25) is 0 Å². The van der Waals surface area contributed by atoms with Gasteiger partial charge in [-0.1, -0.05) is 26.8 Å². The number of hydrogen-bond donors (Lipinski definition) is 0. The van der Waals surface area contributed by atoms with Crippen molar-refractivity contribution in [3.8, 4) is 10.7 Å². The summed E-state index contributed by atoms with van der Waals surface area (Å²) in [6.45, 7) is 7.73. The van der Waals surface area contributed by atoms with E-state index in [0.29, 0.717) is 5.92 Å². The van der Waals surface area contributed by atoms with Crippen LogP contribution in [0, 0.1) is 5.92 Å². The van der Waals surface area contributed by atoms with Crippen LogP contribution in [0.1, 0.15) is 44.3 Å². The summed E-state index contributed by atoms with van der Waals surface area (Å²) in [7, 11) is 1.61. The number of carbonyl (C=O) groups excluding carboxylic acids is 1. The molecule has 0 aliphatic heterocycles. The summed E-state index contributed by atoms with van der Waals surface area (Å²) in [5, 5.41) is 6.09. The molecule has 0 N–H and O–H groups in total. The van der Waals surface area contributed by atoms with Crippen molar-refractivity contribution in [3.05, 3.63) is 27.5 Å². The highest BCUT2D eigenvalue weighted by Crippen LogP contribution is 2.28. The first-order chi connectivity index (χ1) is 10.9. The Labute approximate surface area is 145 Å². The number of rotatable bonds is 7. The quantitative estimate of drug-likeness (QED) is 0.730. The molecule has 0 saturated carbocycles. The van der Waals surface area contributed by atoms with Crippen molar-refractivity contribution in [1.29, 1.82) is 0 Å². The molecule has 0 aromatic carbocycles. The van der Waals surface area contributed by atoms with Gasteiger partial charge < -0.3 is 4.74 Å². The fourth-order valence-electron chi connectivity index (χ4n) is 2.01. The Balaban J connectivity index is 2.12. The Morgan fingerprint density at radius 2 is 1.96 bits per heavy atom. The Bertz CT molecular complexity index is 688. The van der Waals surface area contributed by atoms with Crippen LogP contribution >= 0.6 is 22.7 Å². The Kier molecular flexibility index (Phi) is 6.21. The molecule has 2 aromatic heterocycles. The molecule has 2 atom stereocenters. The summed E-state index contributed by atoms with van der Waals surface area (Å²) < 4.78 is 5.37. The first kappa shape index (κ1) is 18.0. The standard InChI is InChI=1S/C17H22N2O2S2/c1-10(2)16-19-14(9-23-16)17-18-13(8-22-17)6-7-15(21-5)11(3)12(4)20/h6-11,15H,1-5H3/t11-,15-/m0/s1. The molecular formula is C17H22N2O2S2. The number of carbonyl (C=O) groups is 1. The highest BCUT2D eigenvalue weighted by atomic mass is 32.1. The minimum atomic E-state index is -0.232. The Morgan fingerprint density at radius 3 is 2.52 bits per heavy atom. The zero-order valence-corrected chi connectivity index (χ0v) is 15.7. The molecule has 0 unspecified atom stereocenters. The summed E-state index contributed by atoms with van der Waals surface area (Å²) in [5.41, 5.74) is 1.80. The number of methoxy groups -OCH3 is 1. The summed E-state index contributed by atoms with van der Waals surface area (Å²) in [6.07, 6.45) is 3.57. The number of ketones is 1. The molecule has 0 radical (unpaired) electrons. The van der Waals surface area contributed by atoms with Gasteiger partial charge in [0, 0.05) is 29.7 Å². The van der Waals surface area contributed by atoms with E-state index < -0.39 is 0 Å². The van der Waals surface area contributed by atoms with E-state index in [4.69, 9.17) is 4.74 Å². The molecule has 124 valence electrons. The maximum absolute atomic E-state index is 11.5. The first-order valence-electron chi connectivity index (χ1n) is 7.55. The van der Waals surface area contributed by atoms with E-state index in [1.807, 2.05) is 24.5 Å². The van der Waals surface area contributed by atoms with Crippen molar-refractivity contribution in [2.45, 2.75) is 39.7 Å². The lowest BCUT2D eigenvalue weighted by Crippen LogP contribution is -2.23. The maximum Gasteiger partial charge on any atom is 0.143 e. The van der Waals surface area contributed by atoms with Crippen molar-refractivity contribution in [2.75, 3.05) is 7.11 Å². The number of hydrogen-bond acceptors (Lipinski definition) is 6. The van der Waals surface area contributed by atoms with Gasteiger partial charge in [0.2, 0.25) is 0 Å². The van der Waals surface area contributed by atoms with Crippen molar-refractivity contribution in [2.24, 2.45) is 5.92 Å². The molecular weight excluding hydrogens is 328 g/mol. The van der Waals surface area contributed by atoms with E-state index in [1.54, 1.807) is 36.7 Å². The molecule has 0 saturated heterocycles. The molecule has 0 fully saturated rings. The number of ether oxygens (including phenoxy) is 1. The third kappa shape index (κ3) is 4.56.